The van der Waals surface area contributed by atoms with Crippen LogP contribution in [0.4, 0.5) is 0 Å². The van der Waals surface area contributed by atoms with Crippen molar-refractivity contribution in [3.63, 3.8) is 0 Å². The Morgan fingerprint density at radius 1 is 1.21 bits per heavy atom. The molecule has 0 radical (unpaired) electrons. The van der Waals surface area contributed by atoms with E-state index in [-0.39, 0.29) is 0 Å². The summed E-state index contributed by atoms with van der Waals surface area (Å²) in [5, 5.41) is 13.4. The summed E-state index contributed by atoms with van der Waals surface area (Å²) >= 11 is 0. The number of hydrogen-bond donors (Lipinski definition) is 2. The van der Waals surface area contributed by atoms with Crippen LogP contribution in [0.2, 0.25) is 0 Å². The zero-order valence-corrected chi connectivity index (χ0v) is 11.5. The molecule has 2 N–H and O–H groups in total. The molecular weight excluding hydrogens is 242 g/mol. The highest BCUT2D eigenvalue weighted by molar-refractivity contribution is 5.44. The van der Waals surface area contributed by atoms with Crippen LogP contribution in [0.5, 0.6) is 11.5 Å². The van der Waals surface area contributed by atoms with E-state index < -0.39 is 6.10 Å². The van der Waals surface area contributed by atoms with Crippen LogP contribution < -0.4 is 14.8 Å². The third-order valence-corrected chi connectivity index (χ3v) is 3.25. The van der Waals surface area contributed by atoms with Gasteiger partial charge in [0.2, 0.25) is 0 Å². The standard InChI is InChI=1S/C15H23NO3/c1-2-3-4-7-16-11-13(17)12-5-6-14-15(10-12)19-9-8-18-14/h5-6,10,13,16-17H,2-4,7-9,11H2,1H3. The summed E-state index contributed by atoms with van der Waals surface area (Å²) < 4.78 is 11.0. The molecule has 0 spiro atoms. The van der Waals surface area contributed by atoms with E-state index in [1.54, 1.807) is 0 Å². The smallest absolute Gasteiger partial charge is 0.161 e. The van der Waals surface area contributed by atoms with Crippen molar-refractivity contribution in [3.05, 3.63) is 23.8 Å². The second kappa shape index (κ2) is 7.36. The SMILES string of the molecule is CCCCCNCC(O)c1ccc2c(c1)OCCO2. The minimum atomic E-state index is -0.502. The molecule has 1 aliphatic heterocycles. The summed E-state index contributed by atoms with van der Waals surface area (Å²) in [7, 11) is 0. The lowest BCUT2D eigenvalue weighted by Crippen LogP contribution is -2.23. The number of unbranched alkanes of at least 4 members (excludes halogenated alkanes) is 2. The highest BCUT2D eigenvalue weighted by Gasteiger charge is 2.15. The Balaban J connectivity index is 1.83. The molecule has 1 aliphatic rings. The summed E-state index contributed by atoms with van der Waals surface area (Å²) in [5.74, 6) is 1.49. The van der Waals surface area contributed by atoms with Gasteiger partial charge in [-0.3, -0.25) is 0 Å². The van der Waals surface area contributed by atoms with Gasteiger partial charge >= 0.3 is 0 Å². The molecular formula is C15H23NO3. The topological polar surface area (TPSA) is 50.7 Å². The van der Waals surface area contributed by atoms with Gasteiger partial charge in [-0.2, -0.15) is 0 Å². The van der Waals surface area contributed by atoms with Gasteiger partial charge in [-0.1, -0.05) is 25.8 Å². The lowest BCUT2D eigenvalue weighted by atomic mass is 10.1. The van der Waals surface area contributed by atoms with Crippen molar-refractivity contribution < 1.29 is 14.6 Å². The van der Waals surface area contributed by atoms with E-state index in [0.29, 0.717) is 19.8 Å². The van der Waals surface area contributed by atoms with Crippen LogP contribution in [0.1, 0.15) is 37.9 Å². The number of aliphatic hydroxyl groups excluding tert-OH is 1. The fraction of sp³-hybridized carbons (Fsp3) is 0.600. The number of nitrogens with one attached hydrogen (secondary N) is 1. The molecule has 19 heavy (non-hydrogen) atoms. The van der Waals surface area contributed by atoms with E-state index in [1.807, 2.05) is 18.2 Å². The van der Waals surface area contributed by atoms with Crippen molar-refractivity contribution in [2.75, 3.05) is 26.3 Å². The van der Waals surface area contributed by atoms with Crippen molar-refractivity contribution in [3.8, 4) is 11.5 Å². The van der Waals surface area contributed by atoms with Gasteiger partial charge in [0.05, 0.1) is 6.10 Å². The van der Waals surface area contributed by atoms with Crippen molar-refractivity contribution in [1.82, 2.24) is 5.32 Å². The van der Waals surface area contributed by atoms with E-state index in [1.165, 1.54) is 12.8 Å². The molecule has 4 nitrogen and oxygen atoms in total. The average Bonchev–Trinajstić information content (AvgIpc) is 2.46. The second-order valence-electron chi connectivity index (χ2n) is 4.83. The molecule has 0 aliphatic carbocycles. The Labute approximate surface area is 114 Å². The number of aliphatic hydroxyl groups is 1. The van der Waals surface area contributed by atoms with Crippen LogP contribution in [0.3, 0.4) is 0 Å². The van der Waals surface area contributed by atoms with Gasteiger partial charge in [0.25, 0.3) is 0 Å². The predicted molar refractivity (Wildman–Crippen MR) is 74.8 cm³/mol. The molecule has 4 heteroatoms. The third-order valence-electron chi connectivity index (χ3n) is 3.25. The van der Waals surface area contributed by atoms with Gasteiger partial charge in [0.15, 0.2) is 11.5 Å². The highest BCUT2D eigenvalue weighted by Crippen LogP contribution is 2.32. The van der Waals surface area contributed by atoms with Gasteiger partial charge in [0.1, 0.15) is 13.2 Å². The molecule has 1 unspecified atom stereocenters. The van der Waals surface area contributed by atoms with Crippen molar-refractivity contribution >= 4 is 0 Å². The first-order valence-corrected chi connectivity index (χ1v) is 7.09. The summed E-state index contributed by atoms with van der Waals surface area (Å²) in [6.07, 6.45) is 3.10. The first-order valence-electron chi connectivity index (χ1n) is 7.09. The number of rotatable bonds is 7. The Kier molecular flexibility index (Phi) is 5.48. The number of fused-ring (bicyclic) bond motifs is 1. The Morgan fingerprint density at radius 2 is 2.00 bits per heavy atom. The first kappa shape index (κ1) is 14.2. The Bertz CT molecular complexity index is 395. The van der Waals surface area contributed by atoms with Gasteiger partial charge in [-0.15, -0.1) is 0 Å². The maximum atomic E-state index is 10.1. The zero-order chi connectivity index (χ0) is 13.5. The molecule has 0 fully saturated rings. The molecule has 0 aromatic heterocycles. The quantitative estimate of drug-likeness (QED) is 0.743. The van der Waals surface area contributed by atoms with E-state index in [9.17, 15) is 5.11 Å². The van der Waals surface area contributed by atoms with Crippen LogP contribution >= 0.6 is 0 Å². The van der Waals surface area contributed by atoms with E-state index in [0.717, 1.165) is 30.0 Å². The molecule has 0 saturated carbocycles. The normalized spacial score (nSPS) is 15.3. The minimum Gasteiger partial charge on any atom is -0.486 e. The van der Waals surface area contributed by atoms with Gasteiger partial charge in [-0.05, 0) is 30.7 Å². The fourth-order valence-electron chi connectivity index (χ4n) is 2.12. The zero-order valence-electron chi connectivity index (χ0n) is 11.5. The van der Waals surface area contributed by atoms with Crippen LogP contribution in [0, 0.1) is 0 Å². The van der Waals surface area contributed by atoms with Crippen LogP contribution in [0.15, 0.2) is 18.2 Å². The van der Waals surface area contributed by atoms with E-state index in [2.05, 4.69) is 12.2 Å². The molecule has 0 amide bonds. The van der Waals surface area contributed by atoms with Crippen molar-refractivity contribution in [1.29, 1.82) is 0 Å². The number of ether oxygens (including phenoxy) is 2. The highest BCUT2D eigenvalue weighted by atomic mass is 16.6. The molecule has 2 rings (SSSR count). The van der Waals surface area contributed by atoms with Crippen molar-refractivity contribution in [2.24, 2.45) is 0 Å². The maximum absolute atomic E-state index is 10.1. The number of hydrogen-bond acceptors (Lipinski definition) is 4. The Hall–Kier alpha value is -1.26. The van der Waals surface area contributed by atoms with E-state index in [4.69, 9.17) is 9.47 Å². The predicted octanol–water partition coefficient (Wildman–Crippen LogP) is 2.27. The summed E-state index contributed by atoms with van der Waals surface area (Å²) in [6, 6.07) is 5.63. The van der Waals surface area contributed by atoms with Gasteiger partial charge in [0, 0.05) is 6.54 Å². The van der Waals surface area contributed by atoms with Crippen molar-refractivity contribution in [2.45, 2.75) is 32.3 Å². The molecule has 1 aromatic rings. The van der Waals surface area contributed by atoms with Crippen LogP contribution in [0.25, 0.3) is 0 Å². The fourth-order valence-corrected chi connectivity index (χ4v) is 2.12. The molecule has 0 saturated heterocycles. The monoisotopic (exact) mass is 265 g/mol. The van der Waals surface area contributed by atoms with Crippen LogP contribution in [-0.4, -0.2) is 31.4 Å². The molecule has 106 valence electrons. The maximum Gasteiger partial charge on any atom is 0.161 e. The van der Waals surface area contributed by atoms with Gasteiger partial charge in [-0.25, -0.2) is 0 Å². The second-order valence-corrected chi connectivity index (χ2v) is 4.83. The Morgan fingerprint density at radius 3 is 2.79 bits per heavy atom. The summed E-state index contributed by atoms with van der Waals surface area (Å²) in [5.41, 5.74) is 0.868. The van der Waals surface area contributed by atoms with Crippen LogP contribution in [-0.2, 0) is 0 Å². The number of benzene rings is 1. The lowest BCUT2D eigenvalue weighted by Gasteiger charge is -2.20. The van der Waals surface area contributed by atoms with Gasteiger partial charge < -0.3 is 19.9 Å². The summed E-state index contributed by atoms with van der Waals surface area (Å²) in [6.45, 7) is 4.87. The molecule has 0 bridgehead atoms. The summed E-state index contributed by atoms with van der Waals surface area (Å²) in [4.78, 5) is 0. The molecule has 1 heterocycles. The molecule has 1 atom stereocenters. The lowest BCUT2D eigenvalue weighted by molar-refractivity contribution is 0.163. The van der Waals surface area contributed by atoms with E-state index >= 15 is 0 Å². The largest absolute Gasteiger partial charge is 0.486 e. The third kappa shape index (κ3) is 4.11. The molecule has 1 aromatic carbocycles. The average molecular weight is 265 g/mol. The minimum absolute atomic E-state index is 0.502. The first-order chi connectivity index (χ1) is 9.31.